The first-order valence-electron chi connectivity index (χ1n) is 14.6. The zero-order valence-corrected chi connectivity index (χ0v) is 23.5. The van der Waals surface area contributed by atoms with E-state index in [9.17, 15) is 0 Å². The molecule has 5 aliphatic rings. The maximum Gasteiger partial charge on any atom is 0.0938 e. The molecular formula is C29H52NO6+. The van der Waals surface area contributed by atoms with Crippen LogP contribution in [-0.4, -0.2) is 97.9 Å². The van der Waals surface area contributed by atoms with Gasteiger partial charge in [-0.2, -0.15) is 0 Å². The van der Waals surface area contributed by atoms with Crippen molar-refractivity contribution in [3.05, 3.63) is 0 Å². The second kappa shape index (κ2) is 11.8. The molecule has 0 spiro atoms. The Bertz CT molecular complexity index is 709. The predicted octanol–water partition coefficient (Wildman–Crippen LogP) is 2.36. The Hall–Kier alpha value is -0.280. The van der Waals surface area contributed by atoms with Gasteiger partial charge in [0.15, 0.2) is 0 Å². The van der Waals surface area contributed by atoms with Gasteiger partial charge in [-0.1, -0.05) is 0 Å². The highest BCUT2D eigenvalue weighted by Crippen LogP contribution is 2.48. The summed E-state index contributed by atoms with van der Waals surface area (Å²) >= 11 is 0. The molecule has 0 aromatic heterocycles. The highest BCUT2D eigenvalue weighted by atomic mass is 16.5. The van der Waals surface area contributed by atoms with Gasteiger partial charge in [0.2, 0.25) is 0 Å². The zero-order chi connectivity index (χ0) is 25.4. The second-order valence-electron chi connectivity index (χ2n) is 12.5. The summed E-state index contributed by atoms with van der Waals surface area (Å²) in [4.78, 5) is 1.89. The average Bonchev–Trinajstić information content (AvgIpc) is 2.93. The normalized spacial score (nSPS) is 51.2. The topological polar surface area (TPSA) is 59.8 Å². The van der Waals surface area contributed by atoms with Crippen molar-refractivity contribution in [3.63, 3.8) is 0 Å². The SMILES string of the molecule is COC1CCC(C2C3CC(OC)C(OC)CC3CC3C4CC(OC)C(OC)CC4CC[NH+]32)CC1OC. The Labute approximate surface area is 218 Å². The number of hydrogen-bond donors (Lipinski definition) is 1. The summed E-state index contributed by atoms with van der Waals surface area (Å²) in [6.45, 7) is 1.29. The summed E-state index contributed by atoms with van der Waals surface area (Å²) in [5, 5.41) is 0. The van der Waals surface area contributed by atoms with Gasteiger partial charge in [0.1, 0.15) is 0 Å². The molecule has 14 unspecified atom stereocenters. The second-order valence-corrected chi connectivity index (χ2v) is 12.5. The summed E-state index contributed by atoms with van der Waals surface area (Å²) in [6, 6.07) is 1.38. The molecule has 2 aliphatic heterocycles. The molecule has 5 rings (SSSR count). The van der Waals surface area contributed by atoms with Crippen molar-refractivity contribution in [2.75, 3.05) is 49.2 Å². The third kappa shape index (κ3) is 4.91. The van der Waals surface area contributed by atoms with Gasteiger partial charge in [-0.05, 0) is 63.2 Å². The van der Waals surface area contributed by atoms with Crippen LogP contribution in [0.25, 0.3) is 0 Å². The van der Waals surface area contributed by atoms with E-state index in [2.05, 4.69) is 0 Å². The average molecular weight is 511 g/mol. The largest absolute Gasteiger partial charge is 0.379 e. The molecule has 2 heterocycles. The third-order valence-electron chi connectivity index (χ3n) is 11.5. The van der Waals surface area contributed by atoms with Crippen LogP contribution in [0.1, 0.15) is 57.8 Å². The summed E-state index contributed by atoms with van der Waals surface area (Å²) in [6.07, 6.45) is 12.0. The lowest BCUT2D eigenvalue weighted by Crippen LogP contribution is -3.24. The van der Waals surface area contributed by atoms with E-state index >= 15 is 0 Å². The van der Waals surface area contributed by atoms with Gasteiger partial charge in [-0.25, -0.2) is 0 Å². The van der Waals surface area contributed by atoms with Crippen LogP contribution in [0.15, 0.2) is 0 Å². The van der Waals surface area contributed by atoms with E-state index < -0.39 is 0 Å². The summed E-state index contributed by atoms with van der Waals surface area (Å²) in [5.74, 6) is 3.56. The first-order valence-corrected chi connectivity index (χ1v) is 14.6. The maximum atomic E-state index is 6.02. The van der Waals surface area contributed by atoms with Gasteiger partial charge < -0.3 is 33.3 Å². The van der Waals surface area contributed by atoms with Crippen molar-refractivity contribution in [3.8, 4) is 0 Å². The van der Waals surface area contributed by atoms with Crippen LogP contribution >= 0.6 is 0 Å². The number of quaternary nitrogens is 1. The van der Waals surface area contributed by atoms with E-state index in [1.807, 2.05) is 47.6 Å². The monoisotopic (exact) mass is 510 g/mol. The Morgan fingerprint density at radius 1 is 0.444 bits per heavy atom. The molecule has 0 radical (unpaired) electrons. The molecule has 2 saturated heterocycles. The van der Waals surface area contributed by atoms with Crippen LogP contribution in [0, 0.1) is 29.6 Å². The number of methoxy groups -OCH3 is 6. The third-order valence-corrected chi connectivity index (χ3v) is 11.5. The van der Waals surface area contributed by atoms with E-state index in [4.69, 9.17) is 28.4 Å². The molecule has 1 N–H and O–H groups in total. The van der Waals surface area contributed by atoms with Gasteiger partial charge in [0, 0.05) is 66.8 Å². The number of hydrogen-bond acceptors (Lipinski definition) is 6. The highest BCUT2D eigenvalue weighted by molar-refractivity contribution is 5.01. The van der Waals surface area contributed by atoms with E-state index in [-0.39, 0.29) is 36.6 Å². The van der Waals surface area contributed by atoms with E-state index in [0.29, 0.717) is 29.8 Å². The Morgan fingerprint density at radius 2 is 0.944 bits per heavy atom. The lowest BCUT2D eigenvalue weighted by molar-refractivity contribution is -0.976. The zero-order valence-electron chi connectivity index (χ0n) is 23.5. The number of rotatable bonds is 7. The maximum absolute atomic E-state index is 6.02. The molecule has 7 nitrogen and oxygen atoms in total. The van der Waals surface area contributed by atoms with Crippen LogP contribution in [0.3, 0.4) is 0 Å². The van der Waals surface area contributed by atoms with Crippen LogP contribution in [0.5, 0.6) is 0 Å². The van der Waals surface area contributed by atoms with Crippen molar-refractivity contribution in [1.82, 2.24) is 0 Å². The standard InChI is InChI=1S/C29H51NO6/c1-31-23-8-7-18(13-24(23)32-2)29-21-16-28(36-6)26(34-4)14-19(21)11-22-20-15-27(35-5)25(33-3)12-17(20)9-10-30(22)29/h17-29H,7-16H2,1-6H3/p+1. The van der Waals surface area contributed by atoms with E-state index in [1.165, 1.54) is 25.8 Å². The highest BCUT2D eigenvalue weighted by Gasteiger charge is 2.59. The molecule has 7 heteroatoms. The van der Waals surface area contributed by atoms with Crippen molar-refractivity contribution in [2.24, 2.45) is 29.6 Å². The van der Waals surface area contributed by atoms with Crippen molar-refractivity contribution >= 4 is 0 Å². The fourth-order valence-electron chi connectivity index (χ4n) is 9.78. The lowest BCUT2D eigenvalue weighted by atomic mass is 9.58. The summed E-state index contributed by atoms with van der Waals surface area (Å²) < 4.78 is 35.7. The Kier molecular flexibility index (Phi) is 8.98. The molecule has 36 heavy (non-hydrogen) atoms. The molecule has 0 amide bonds. The molecule has 3 aliphatic carbocycles. The van der Waals surface area contributed by atoms with Crippen LogP contribution in [0.4, 0.5) is 0 Å². The summed E-state index contributed by atoms with van der Waals surface area (Å²) in [5.41, 5.74) is 0. The Morgan fingerprint density at radius 3 is 1.56 bits per heavy atom. The molecule has 208 valence electrons. The number of piperidine rings is 2. The van der Waals surface area contributed by atoms with E-state index in [1.54, 1.807) is 0 Å². The minimum atomic E-state index is 0.202. The van der Waals surface area contributed by atoms with Gasteiger partial charge in [0.25, 0.3) is 0 Å². The molecule has 14 atom stereocenters. The van der Waals surface area contributed by atoms with Crippen LogP contribution in [0.2, 0.25) is 0 Å². The fraction of sp³-hybridized carbons (Fsp3) is 1.00. The van der Waals surface area contributed by atoms with Gasteiger partial charge in [0.05, 0.1) is 55.3 Å². The number of fused-ring (bicyclic) bond motifs is 4. The molecule has 0 bridgehead atoms. The van der Waals surface area contributed by atoms with Crippen LogP contribution in [-0.2, 0) is 28.4 Å². The predicted molar refractivity (Wildman–Crippen MR) is 137 cm³/mol. The molecule has 0 aromatic carbocycles. The minimum Gasteiger partial charge on any atom is -0.379 e. The van der Waals surface area contributed by atoms with Gasteiger partial charge in [-0.15, -0.1) is 0 Å². The summed E-state index contributed by atoms with van der Waals surface area (Å²) in [7, 11) is 11.2. The first-order chi connectivity index (χ1) is 17.6. The minimum absolute atomic E-state index is 0.202. The number of nitrogens with one attached hydrogen (secondary N) is 1. The number of ether oxygens (including phenoxy) is 6. The van der Waals surface area contributed by atoms with Gasteiger partial charge >= 0.3 is 0 Å². The first kappa shape index (κ1) is 27.3. The lowest BCUT2D eigenvalue weighted by Gasteiger charge is -2.59. The fourth-order valence-corrected chi connectivity index (χ4v) is 9.78. The quantitative estimate of drug-likeness (QED) is 0.568. The molecule has 5 fully saturated rings. The van der Waals surface area contributed by atoms with Crippen molar-refractivity contribution in [1.29, 1.82) is 0 Å². The Balaban J connectivity index is 1.44. The molecule has 0 aromatic rings. The van der Waals surface area contributed by atoms with Crippen molar-refractivity contribution in [2.45, 2.75) is 106 Å². The smallest absolute Gasteiger partial charge is 0.0938 e. The molecule has 3 saturated carbocycles. The van der Waals surface area contributed by atoms with Crippen LogP contribution < -0.4 is 4.90 Å². The van der Waals surface area contributed by atoms with E-state index in [0.717, 1.165) is 50.4 Å². The van der Waals surface area contributed by atoms with Crippen molar-refractivity contribution < 1.29 is 33.3 Å². The molecular weight excluding hydrogens is 458 g/mol. The van der Waals surface area contributed by atoms with Gasteiger partial charge in [-0.3, -0.25) is 0 Å².